The number of esters is 1. The summed E-state index contributed by atoms with van der Waals surface area (Å²) >= 11 is 0. The number of hydrogen-bond acceptors (Lipinski definition) is 7. The number of fused-ring (bicyclic) bond motifs is 2. The molecule has 0 atom stereocenters. The van der Waals surface area contributed by atoms with E-state index in [1.165, 1.54) is 32.4 Å². The lowest BCUT2D eigenvalue weighted by molar-refractivity contribution is 0.0601. The highest BCUT2D eigenvalue weighted by molar-refractivity contribution is 6.16. The number of benzene rings is 2. The van der Waals surface area contributed by atoms with Gasteiger partial charge in [0, 0.05) is 28.9 Å². The van der Waals surface area contributed by atoms with Crippen LogP contribution in [0.3, 0.4) is 0 Å². The fourth-order valence-electron chi connectivity index (χ4n) is 4.58. The second kappa shape index (κ2) is 9.11. The van der Waals surface area contributed by atoms with Crippen molar-refractivity contribution in [2.24, 2.45) is 0 Å². The Morgan fingerprint density at radius 1 is 1.00 bits per heavy atom. The molecule has 1 fully saturated rings. The van der Waals surface area contributed by atoms with Gasteiger partial charge in [0.15, 0.2) is 11.2 Å². The molecule has 1 aliphatic rings. The van der Waals surface area contributed by atoms with Crippen LogP contribution in [-0.2, 0) is 4.74 Å². The van der Waals surface area contributed by atoms with E-state index < -0.39 is 11.6 Å². The second-order valence-corrected chi connectivity index (χ2v) is 8.15. The van der Waals surface area contributed by atoms with Crippen molar-refractivity contribution in [3.05, 3.63) is 64.7 Å². The largest absolute Gasteiger partial charge is 0.485 e. The zero-order chi connectivity index (χ0) is 22.8. The quantitative estimate of drug-likeness (QED) is 0.308. The highest BCUT2D eigenvalue weighted by atomic mass is 16.5. The fraction of sp³-hybridized carbons (Fsp3) is 0.308. The van der Waals surface area contributed by atoms with Gasteiger partial charge in [0.25, 0.3) is 0 Å². The summed E-state index contributed by atoms with van der Waals surface area (Å²) in [6.07, 6.45) is 5.25. The Kier molecular flexibility index (Phi) is 5.88. The number of hydrogen-bond donors (Lipinski definition) is 0. The van der Waals surface area contributed by atoms with Crippen LogP contribution in [0, 0.1) is 0 Å². The predicted octanol–water partition coefficient (Wildman–Crippen LogP) is 4.86. The van der Waals surface area contributed by atoms with Crippen LogP contribution in [0.15, 0.2) is 62.4 Å². The van der Waals surface area contributed by atoms with Crippen LogP contribution < -0.4 is 10.4 Å². The molecule has 1 saturated heterocycles. The molecule has 170 valence electrons. The fourth-order valence-corrected chi connectivity index (χ4v) is 4.58. The number of carbonyl (C=O) groups is 1. The van der Waals surface area contributed by atoms with Crippen LogP contribution in [0.2, 0.25) is 0 Å². The molecule has 0 N–H and O–H groups in total. The second-order valence-electron chi connectivity index (χ2n) is 8.15. The number of ether oxygens (including phenoxy) is 2. The maximum atomic E-state index is 12.5. The SMILES string of the molecule is COC(=O)c1ccccc1-c1c2ccoc2c(OCCN2CCCCC2)c2oc(=O)ccc12. The van der Waals surface area contributed by atoms with E-state index in [2.05, 4.69) is 4.90 Å². The number of piperidine rings is 1. The predicted molar refractivity (Wildman–Crippen MR) is 125 cm³/mol. The molecule has 7 nitrogen and oxygen atoms in total. The lowest BCUT2D eigenvalue weighted by Gasteiger charge is -2.26. The zero-order valence-electron chi connectivity index (χ0n) is 18.5. The van der Waals surface area contributed by atoms with E-state index in [9.17, 15) is 9.59 Å². The summed E-state index contributed by atoms with van der Waals surface area (Å²) in [6.45, 7) is 3.37. The lowest BCUT2D eigenvalue weighted by atomic mass is 9.93. The van der Waals surface area contributed by atoms with Crippen LogP contribution in [-0.4, -0.2) is 44.2 Å². The van der Waals surface area contributed by atoms with E-state index in [1.807, 2.05) is 18.2 Å². The van der Waals surface area contributed by atoms with E-state index in [-0.39, 0.29) is 0 Å². The molecule has 1 aliphatic heterocycles. The van der Waals surface area contributed by atoms with Gasteiger partial charge < -0.3 is 18.3 Å². The first-order valence-corrected chi connectivity index (χ1v) is 11.2. The Bertz CT molecular complexity index is 1360. The van der Waals surface area contributed by atoms with Crippen LogP contribution in [0.25, 0.3) is 33.1 Å². The van der Waals surface area contributed by atoms with Crippen molar-refractivity contribution in [2.45, 2.75) is 19.3 Å². The normalized spacial score (nSPS) is 14.6. The molecule has 0 radical (unpaired) electrons. The van der Waals surface area contributed by atoms with Crippen molar-refractivity contribution >= 4 is 27.9 Å². The van der Waals surface area contributed by atoms with Crippen LogP contribution in [0.4, 0.5) is 0 Å². The smallest absolute Gasteiger partial charge is 0.338 e. The number of rotatable bonds is 6. The van der Waals surface area contributed by atoms with E-state index in [0.717, 1.165) is 30.6 Å². The highest BCUT2D eigenvalue weighted by Crippen LogP contribution is 2.44. The molecule has 7 heteroatoms. The highest BCUT2D eigenvalue weighted by Gasteiger charge is 2.24. The van der Waals surface area contributed by atoms with Gasteiger partial charge in [-0.05, 0) is 49.7 Å². The third kappa shape index (κ3) is 4.00. The van der Waals surface area contributed by atoms with Crippen LogP contribution >= 0.6 is 0 Å². The molecule has 0 aliphatic carbocycles. The minimum absolute atomic E-state index is 0.304. The standard InChI is InChI=1S/C26H25NO6/c1-30-26(29)18-8-4-3-7-17(18)22-19-9-10-21(28)33-24(19)25(23-20(22)11-15-31-23)32-16-14-27-12-5-2-6-13-27/h3-4,7-11,15H,2,5-6,12-14,16H2,1H3. The zero-order valence-corrected chi connectivity index (χ0v) is 18.5. The number of carbonyl (C=O) groups excluding carboxylic acids is 1. The topological polar surface area (TPSA) is 82.1 Å². The molecule has 33 heavy (non-hydrogen) atoms. The maximum Gasteiger partial charge on any atom is 0.338 e. The minimum atomic E-state index is -0.485. The summed E-state index contributed by atoms with van der Waals surface area (Å²) in [5, 5.41) is 1.42. The van der Waals surface area contributed by atoms with Gasteiger partial charge in [-0.25, -0.2) is 9.59 Å². The van der Waals surface area contributed by atoms with Crippen molar-refractivity contribution in [1.29, 1.82) is 0 Å². The van der Waals surface area contributed by atoms with Crippen molar-refractivity contribution < 1.29 is 23.1 Å². The molecule has 5 rings (SSSR count). The molecule has 0 spiro atoms. The van der Waals surface area contributed by atoms with Crippen LogP contribution in [0.5, 0.6) is 5.75 Å². The van der Waals surface area contributed by atoms with Gasteiger partial charge in [0.2, 0.25) is 5.75 Å². The van der Waals surface area contributed by atoms with Crippen molar-refractivity contribution in [3.63, 3.8) is 0 Å². The molecular formula is C26H25NO6. The number of furan rings is 1. The first kappa shape index (κ1) is 21.3. The Hall–Kier alpha value is -3.58. The van der Waals surface area contributed by atoms with Crippen molar-refractivity contribution in [1.82, 2.24) is 4.90 Å². The summed E-state index contributed by atoms with van der Waals surface area (Å²) in [7, 11) is 1.35. The molecule has 2 aromatic carbocycles. The first-order valence-electron chi connectivity index (χ1n) is 11.2. The summed E-state index contributed by atoms with van der Waals surface area (Å²) in [5.74, 6) is -0.0476. The van der Waals surface area contributed by atoms with Crippen molar-refractivity contribution in [3.8, 4) is 16.9 Å². The monoisotopic (exact) mass is 447 g/mol. The van der Waals surface area contributed by atoms with E-state index in [0.29, 0.717) is 40.0 Å². The lowest BCUT2D eigenvalue weighted by Crippen LogP contribution is -2.33. The Morgan fingerprint density at radius 3 is 2.61 bits per heavy atom. The van der Waals surface area contributed by atoms with Gasteiger partial charge in [-0.15, -0.1) is 0 Å². The Morgan fingerprint density at radius 2 is 1.79 bits per heavy atom. The summed E-state index contributed by atoms with van der Waals surface area (Å²) in [5.41, 5.74) is 2.09. The molecule has 0 unspecified atom stereocenters. The molecule has 0 saturated carbocycles. The number of methoxy groups -OCH3 is 1. The van der Waals surface area contributed by atoms with Gasteiger partial charge in [-0.2, -0.15) is 0 Å². The van der Waals surface area contributed by atoms with E-state index in [4.69, 9.17) is 18.3 Å². The van der Waals surface area contributed by atoms with Gasteiger partial charge in [0.05, 0.1) is 18.9 Å². The molecule has 4 aromatic rings. The number of nitrogens with zero attached hydrogens (tertiary/aromatic N) is 1. The van der Waals surface area contributed by atoms with E-state index in [1.54, 1.807) is 24.5 Å². The number of likely N-dealkylation sites (tertiary alicyclic amines) is 1. The van der Waals surface area contributed by atoms with Gasteiger partial charge in [-0.1, -0.05) is 24.6 Å². The molecule has 0 bridgehead atoms. The maximum absolute atomic E-state index is 12.5. The van der Waals surface area contributed by atoms with E-state index >= 15 is 0 Å². The molecule has 0 amide bonds. The average molecular weight is 447 g/mol. The van der Waals surface area contributed by atoms with Gasteiger partial charge >= 0.3 is 11.6 Å². The minimum Gasteiger partial charge on any atom is -0.485 e. The van der Waals surface area contributed by atoms with Gasteiger partial charge in [0.1, 0.15) is 6.61 Å². The third-order valence-electron chi connectivity index (χ3n) is 6.15. The Labute approximate surface area is 190 Å². The molecular weight excluding hydrogens is 422 g/mol. The Balaban J connectivity index is 1.65. The summed E-state index contributed by atoms with van der Waals surface area (Å²) in [4.78, 5) is 27.0. The average Bonchev–Trinajstić information content (AvgIpc) is 3.33. The summed E-state index contributed by atoms with van der Waals surface area (Å²) in [6, 6.07) is 12.1. The van der Waals surface area contributed by atoms with Crippen LogP contribution in [0.1, 0.15) is 29.6 Å². The molecule has 2 aromatic heterocycles. The summed E-state index contributed by atoms with van der Waals surface area (Å²) < 4.78 is 22.6. The third-order valence-corrected chi connectivity index (χ3v) is 6.15. The first-order chi connectivity index (χ1) is 16.2. The molecule has 3 heterocycles. The van der Waals surface area contributed by atoms with Crippen molar-refractivity contribution in [2.75, 3.05) is 33.4 Å². The van der Waals surface area contributed by atoms with Gasteiger partial charge in [-0.3, -0.25) is 4.90 Å².